The first-order valence-corrected chi connectivity index (χ1v) is 12.8. The molecule has 166 valence electrons. The van der Waals surface area contributed by atoms with E-state index in [0.717, 1.165) is 0 Å². The Balaban J connectivity index is 1.52. The van der Waals surface area contributed by atoms with Crippen LogP contribution >= 0.6 is 0 Å². The van der Waals surface area contributed by atoms with Gasteiger partial charge in [-0.25, -0.2) is 0 Å². The van der Waals surface area contributed by atoms with Gasteiger partial charge in [-0.05, 0) is 79.5 Å². The average molecular weight is 447 g/mol. The molecule has 1 saturated carbocycles. The van der Waals surface area contributed by atoms with E-state index in [1.807, 2.05) is 0 Å². The van der Waals surface area contributed by atoms with Crippen LogP contribution in [0.1, 0.15) is 52.1 Å². The first kappa shape index (κ1) is 19.4. The molecule has 5 aromatic rings. The normalized spacial score (nSPS) is 21.8. The SMILES string of the molecule is CC1C2c3ccccc3-c3cc4c(cc3C12)C(c1ccccc1)(c1ccccc1)c1ccccc1-4. The number of rotatable bonds is 2. The van der Waals surface area contributed by atoms with Gasteiger partial charge in [0.05, 0.1) is 5.41 Å². The van der Waals surface area contributed by atoms with E-state index in [4.69, 9.17) is 0 Å². The predicted octanol–water partition coefficient (Wildman–Crippen LogP) is 8.55. The summed E-state index contributed by atoms with van der Waals surface area (Å²) in [6.45, 7) is 2.44. The third-order valence-corrected chi connectivity index (χ3v) is 8.98. The van der Waals surface area contributed by atoms with Crippen molar-refractivity contribution in [3.05, 3.63) is 155 Å². The van der Waals surface area contributed by atoms with Crippen molar-refractivity contribution in [3.63, 3.8) is 0 Å². The summed E-state index contributed by atoms with van der Waals surface area (Å²) < 4.78 is 0. The van der Waals surface area contributed by atoms with E-state index in [0.29, 0.717) is 17.8 Å². The molecule has 5 aromatic carbocycles. The Morgan fingerprint density at radius 2 is 1.03 bits per heavy atom. The molecule has 0 spiro atoms. The quantitative estimate of drug-likeness (QED) is 0.250. The molecule has 0 amide bonds. The van der Waals surface area contributed by atoms with Crippen molar-refractivity contribution in [3.8, 4) is 22.3 Å². The van der Waals surface area contributed by atoms with Crippen LogP contribution in [0.4, 0.5) is 0 Å². The molecule has 0 heterocycles. The standard InChI is InChI=1S/C35H26/c1-22-33-27-18-9-8-16-25(27)28-20-29-26-17-10-11-19-31(26)35(23-12-4-2-5-13-23,24-14-6-3-7-15-24)32(29)21-30(28)34(22)33/h2-22,33-34H,1H3. The zero-order valence-electron chi connectivity index (χ0n) is 19.8. The summed E-state index contributed by atoms with van der Waals surface area (Å²) in [5.41, 5.74) is 13.9. The Labute approximate surface area is 206 Å². The van der Waals surface area contributed by atoms with Gasteiger partial charge in [-0.15, -0.1) is 0 Å². The van der Waals surface area contributed by atoms with E-state index in [-0.39, 0.29) is 5.41 Å². The second-order valence-corrected chi connectivity index (χ2v) is 10.5. The molecular formula is C35H26. The Morgan fingerprint density at radius 1 is 0.457 bits per heavy atom. The molecule has 3 aliphatic carbocycles. The highest BCUT2D eigenvalue weighted by Gasteiger charge is 2.54. The van der Waals surface area contributed by atoms with E-state index in [1.54, 1.807) is 11.1 Å². The van der Waals surface area contributed by atoms with Crippen molar-refractivity contribution in [1.29, 1.82) is 0 Å². The molecule has 3 unspecified atom stereocenters. The molecule has 0 heteroatoms. The Hall–Kier alpha value is -3.90. The largest absolute Gasteiger partial charge is 0.0713 e. The fourth-order valence-corrected chi connectivity index (χ4v) is 7.46. The highest BCUT2D eigenvalue weighted by atomic mass is 14.6. The van der Waals surface area contributed by atoms with Crippen molar-refractivity contribution in [2.75, 3.05) is 0 Å². The minimum Gasteiger partial charge on any atom is -0.0622 e. The average Bonchev–Trinajstić information content (AvgIpc) is 3.52. The molecule has 0 saturated heterocycles. The monoisotopic (exact) mass is 446 g/mol. The van der Waals surface area contributed by atoms with Gasteiger partial charge in [0.1, 0.15) is 0 Å². The van der Waals surface area contributed by atoms with Crippen LogP contribution in [0.5, 0.6) is 0 Å². The van der Waals surface area contributed by atoms with Crippen LogP contribution in [0, 0.1) is 5.92 Å². The molecule has 0 bridgehead atoms. The van der Waals surface area contributed by atoms with Crippen LogP contribution in [0.15, 0.2) is 121 Å². The third kappa shape index (κ3) is 2.37. The van der Waals surface area contributed by atoms with Crippen molar-refractivity contribution < 1.29 is 0 Å². The molecule has 0 N–H and O–H groups in total. The fraction of sp³-hybridized carbons (Fsp3) is 0.143. The third-order valence-electron chi connectivity index (χ3n) is 8.98. The summed E-state index contributed by atoms with van der Waals surface area (Å²) >= 11 is 0. The first-order valence-electron chi connectivity index (χ1n) is 12.8. The summed E-state index contributed by atoms with van der Waals surface area (Å²) in [4.78, 5) is 0. The molecule has 0 aliphatic heterocycles. The highest BCUT2D eigenvalue weighted by Crippen LogP contribution is 2.68. The minimum atomic E-state index is -0.311. The van der Waals surface area contributed by atoms with Gasteiger partial charge < -0.3 is 0 Å². The molecule has 35 heavy (non-hydrogen) atoms. The fourth-order valence-electron chi connectivity index (χ4n) is 7.46. The summed E-state index contributed by atoms with van der Waals surface area (Å²) in [6.07, 6.45) is 0. The van der Waals surface area contributed by atoms with Gasteiger partial charge in [-0.2, -0.15) is 0 Å². The second-order valence-electron chi connectivity index (χ2n) is 10.5. The molecule has 1 fully saturated rings. The smallest absolute Gasteiger partial charge is 0.0622 e. The lowest BCUT2D eigenvalue weighted by Crippen LogP contribution is -2.28. The number of fused-ring (bicyclic) bond motifs is 9. The van der Waals surface area contributed by atoms with Crippen molar-refractivity contribution in [2.45, 2.75) is 24.2 Å². The first-order chi connectivity index (χ1) is 17.3. The van der Waals surface area contributed by atoms with Crippen molar-refractivity contribution in [1.82, 2.24) is 0 Å². The van der Waals surface area contributed by atoms with Crippen LogP contribution in [-0.4, -0.2) is 0 Å². The Bertz CT molecular complexity index is 1570. The number of hydrogen-bond donors (Lipinski definition) is 0. The van der Waals surface area contributed by atoms with E-state index < -0.39 is 0 Å². The predicted molar refractivity (Wildman–Crippen MR) is 144 cm³/mol. The minimum absolute atomic E-state index is 0.311. The van der Waals surface area contributed by atoms with Crippen molar-refractivity contribution >= 4 is 0 Å². The zero-order chi connectivity index (χ0) is 23.1. The molecule has 8 rings (SSSR count). The number of hydrogen-bond acceptors (Lipinski definition) is 0. The van der Waals surface area contributed by atoms with Gasteiger partial charge in [0.25, 0.3) is 0 Å². The van der Waals surface area contributed by atoms with E-state index in [1.165, 1.54) is 44.5 Å². The van der Waals surface area contributed by atoms with Crippen molar-refractivity contribution in [2.24, 2.45) is 5.92 Å². The van der Waals surface area contributed by atoms with Crippen LogP contribution in [0.25, 0.3) is 22.3 Å². The van der Waals surface area contributed by atoms with Gasteiger partial charge in [0.2, 0.25) is 0 Å². The molecule has 0 aromatic heterocycles. The van der Waals surface area contributed by atoms with E-state index >= 15 is 0 Å². The maximum Gasteiger partial charge on any atom is 0.0713 e. The highest BCUT2D eigenvalue weighted by molar-refractivity contribution is 5.91. The van der Waals surface area contributed by atoms with Gasteiger partial charge >= 0.3 is 0 Å². The summed E-state index contributed by atoms with van der Waals surface area (Å²) in [5.74, 6) is 1.98. The molecule has 0 nitrogen and oxygen atoms in total. The van der Waals surface area contributed by atoms with Gasteiger partial charge in [0, 0.05) is 0 Å². The van der Waals surface area contributed by atoms with E-state index in [9.17, 15) is 0 Å². The van der Waals surface area contributed by atoms with Crippen LogP contribution in [0.3, 0.4) is 0 Å². The maximum atomic E-state index is 2.60. The van der Waals surface area contributed by atoms with Crippen LogP contribution in [0.2, 0.25) is 0 Å². The molecular weight excluding hydrogens is 420 g/mol. The zero-order valence-corrected chi connectivity index (χ0v) is 19.8. The van der Waals surface area contributed by atoms with Gasteiger partial charge in [-0.3, -0.25) is 0 Å². The van der Waals surface area contributed by atoms with Crippen LogP contribution in [-0.2, 0) is 5.41 Å². The summed E-state index contributed by atoms with van der Waals surface area (Å²) in [6, 6.07) is 45.6. The Kier molecular flexibility index (Phi) is 3.79. The summed E-state index contributed by atoms with van der Waals surface area (Å²) in [7, 11) is 0. The maximum absolute atomic E-state index is 2.60. The second kappa shape index (κ2) is 6.83. The molecule has 0 radical (unpaired) electrons. The van der Waals surface area contributed by atoms with Crippen LogP contribution < -0.4 is 0 Å². The summed E-state index contributed by atoms with van der Waals surface area (Å²) in [5, 5.41) is 0. The lowest BCUT2D eigenvalue weighted by Gasteiger charge is -2.34. The van der Waals surface area contributed by atoms with E-state index in [2.05, 4.69) is 128 Å². The molecule has 3 aliphatic rings. The van der Waals surface area contributed by atoms with Gasteiger partial charge in [0.15, 0.2) is 0 Å². The lowest BCUT2D eigenvalue weighted by atomic mass is 9.67. The topological polar surface area (TPSA) is 0 Å². The Morgan fingerprint density at radius 3 is 1.74 bits per heavy atom. The molecule has 3 atom stereocenters. The number of benzene rings is 5. The lowest BCUT2D eigenvalue weighted by molar-refractivity contribution is 0.765. The van der Waals surface area contributed by atoms with Gasteiger partial charge in [-0.1, -0.05) is 122 Å².